The third-order valence-electron chi connectivity index (χ3n) is 1.86. The van der Waals surface area contributed by atoms with Crippen LogP contribution in [0.15, 0.2) is 18.3 Å². The maximum Gasteiger partial charge on any atom is 0.217 e. The minimum Gasteiger partial charge on any atom is -0.396 e. The van der Waals surface area contributed by atoms with Crippen molar-refractivity contribution in [2.45, 2.75) is 18.9 Å². The zero-order valence-electron chi connectivity index (χ0n) is 7.28. The van der Waals surface area contributed by atoms with Gasteiger partial charge in [0.2, 0.25) is 5.95 Å². The Morgan fingerprint density at radius 2 is 2.38 bits per heavy atom. The Kier molecular flexibility index (Phi) is 3.79. The van der Waals surface area contributed by atoms with Crippen molar-refractivity contribution in [3.63, 3.8) is 0 Å². The van der Waals surface area contributed by atoms with Crippen LogP contribution in [0, 0.1) is 5.95 Å². The molecule has 1 atom stereocenters. The molecule has 0 radical (unpaired) electrons. The third-order valence-corrected chi connectivity index (χ3v) is 1.86. The number of pyridine rings is 1. The first kappa shape index (κ1) is 10.1. The normalized spacial score (nSPS) is 12.8. The fraction of sp³-hybridized carbons (Fsp3) is 0.444. The number of aromatic nitrogens is 1. The summed E-state index contributed by atoms with van der Waals surface area (Å²) in [5.41, 5.74) is 6.10. The lowest BCUT2D eigenvalue weighted by atomic mass is 10.1. The minimum absolute atomic E-state index is 0.0789. The Morgan fingerprint density at radius 3 is 3.00 bits per heavy atom. The predicted octanol–water partition coefficient (Wildman–Crippen LogP) is 0.993. The maximum atomic E-state index is 13.0. The first-order valence-corrected chi connectivity index (χ1v) is 4.22. The van der Waals surface area contributed by atoms with Gasteiger partial charge in [0.15, 0.2) is 0 Å². The van der Waals surface area contributed by atoms with E-state index in [1.807, 2.05) is 0 Å². The van der Waals surface area contributed by atoms with E-state index in [1.54, 1.807) is 12.1 Å². The first-order valence-electron chi connectivity index (χ1n) is 4.22. The Hall–Kier alpha value is -1.00. The van der Waals surface area contributed by atoms with Crippen LogP contribution in [0.3, 0.4) is 0 Å². The highest BCUT2D eigenvalue weighted by Gasteiger charge is 2.10. The van der Waals surface area contributed by atoms with Gasteiger partial charge in [0.05, 0.1) is 0 Å². The summed E-state index contributed by atoms with van der Waals surface area (Å²) in [6, 6.07) is 2.89. The summed E-state index contributed by atoms with van der Waals surface area (Å²) in [4.78, 5) is 3.50. The molecule has 72 valence electrons. The molecule has 0 aliphatic rings. The van der Waals surface area contributed by atoms with E-state index in [1.165, 1.54) is 6.20 Å². The summed E-state index contributed by atoms with van der Waals surface area (Å²) in [5.74, 6) is -0.520. The second-order valence-corrected chi connectivity index (χ2v) is 2.86. The van der Waals surface area contributed by atoms with Crippen LogP contribution in [0.1, 0.15) is 24.4 Å². The second-order valence-electron chi connectivity index (χ2n) is 2.86. The van der Waals surface area contributed by atoms with E-state index in [9.17, 15) is 4.39 Å². The van der Waals surface area contributed by atoms with Gasteiger partial charge in [-0.2, -0.15) is 4.39 Å². The Morgan fingerprint density at radius 1 is 1.62 bits per heavy atom. The van der Waals surface area contributed by atoms with Crippen LogP contribution in [-0.4, -0.2) is 16.7 Å². The maximum absolute atomic E-state index is 13.0. The molecule has 0 saturated carbocycles. The van der Waals surface area contributed by atoms with Gasteiger partial charge in [-0.3, -0.25) is 0 Å². The zero-order chi connectivity index (χ0) is 9.68. The van der Waals surface area contributed by atoms with Gasteiger partial charge in [-0.05, 0) is 18.9 Å². The van der Waals surface area contributed by atoms with Crippen molar-refractivity contribution < 1.29 is 9.50 Å². The third kappa shape index (κ3) is 2.75. The molecule has 1 aromatic rings. The van der Waals surface area contributed by atoms with E-state index in [2.05, 4.69) is 4.98 Å². The average Bonchev–Trinajstić information content (AvgIpc) is 2.15. The van der Waals surface area contributed by atoms with E-state index in [4.69, 9.17) is 10.8 Å². The largest absolute Gasteiger partial charge is 0.396 e. The molecule has 0 bridgehead atoms. The number of nitrogens with zero attached hydrogens (tertiary/aromatic N) is 1. The lowest BCUT2D eigenvalue weighted by Crippen LogP contribution is -2.13. The number of aliphatic hydroxyl groups excluding tert-OH is 1. The number of nitrogens with two attached hydrogens (primary N) is 1. The molecule has 0 amide bonds. The van der Waals surface area contributed by atoms with Crippen LogP contribution in [0.2, 0.25) is 0 Å². The summed E-state index contributed by atoms with van der Waals surface area (Å²) < 4.78 is 13.0. The summed E-state index contributed by atoms with van der Waals surface area (Å²) in [5, 5.41) is 8.57. The van der Waals surface area contributed by atoms with Gasteiger partial charge in [0.25, 0.3) is 0 Å². The Labute approximate surface area is 76.4 Å². The van der Waals surface area contributed by atoms with Crippen molar-refractivity contribution in [1.29, 1.82) is 0 Å². The van der Waals surface area contributed by atoms with Gasteiger partial charge >= 0.3 is 0 Å². The topological polar surface area (TPSA) is 59.1 Å². The highest BCUT2D eigenvalue weighted by molar-refractivity contribution is 5.14. The molecule has 1 rings (SSSR count). The van der Waals surface area contributed by atoms with Crippen LogP contribution < -0.4 is 5.73 Å². The minimum atomic E-state index is -0.520. The van der Waals surface area contributed by atoms with E-state index in [-0.39, 0.29) is 12.6 Å². The molecular formula is C9H13FN2O. The van der Waals surface area contributed by atoms with Crippen LogP contribution in [0.5, 0.6) is 0 Å². The number of halogens is 1. The van der Waals surface area contributed by atoms with Gasteiger partial charge in [0.1, 0.15) is 0 Å². The number of aliphatic hydroxyl groups is 1. The molecule has 0 aromatic carbocycles. The van der Waals surface area contributed by atoms with Crippen LogP contribution >= 0.6 is 0 Å². The van der Waals surface area contributed by atoms with Gasteiger partial charge in [0, 0.05) is 24.4 Å². The number of rotatable bonds is 4. The fourth-order valence-electron chi connectivity index (χ4n) is 1.14. The van der Waals surface area contributed by atoms with Crippen LogP contribution in [0.4, 0.5) is 4.39 Å². The molecule has 0 aliphatic carbocycles. The van der Waals surface area contributed by atoms with Crippen LogP contribution in [0.25, 0.3) is 0 Å². The van der Waals surface area contributed by atoms with E-state index in [0.29, 0.717) is 18.4 Å². The van der Waals surface area contributed by atoms with E-state index >= 15 is 0 Å². The lowest BCUT2D eigenvalue weighted by Gasteiger charge is -2.10. The highest BCUT2D eigenvalue weighted by atomic mass is 19.1. The standard InChI is InChI=1S/C9H13FN2O/c10-9-7(3-1-5-12-9)8(11)4-2-6-13/h1,3,5,8,13H,2,4,6,11H2/t8-/m0/s1. The quantitative estimate of drug-likeness (QED) is 0.686. The molecule has 0 unspecified atom stereocenters. The number of hydrogen-bond acceptors (Lipinski definition) is 3. The fourth-order valence-corrected chi connectivity index (χ4v) is 1.14. The summed E-state index contributed by atoms with van der Waals surface area (Å²) in [6.45, 7) is 0.0789. The molecule has 3 N–H and O–H groups in total. The number of hydrogen-bond donors (Lipinski definition) is 2. The SMILES string of the molecule is N[C@@H](CCCO)c1cccnc1F. The summed E-state index contributed by atoms with van der Waals surface area (Å²) >= 11 is 0. The molecule has 0 aliphatic heterocycles. The van der Waals surface area contributed by atoms with Crippen molar-refractivity contribution in [2.24, 2.45) is 5.73 Å². The monoisotopic (exact) mass is 184 g/mol. The van der Waals surface area contributed by atoms with Crippen molar-refractivity contribution in [1.82, 2.24) is 4.98 Å². The molecule has 3 nitrogen and oxygen atoms in total. The van der Waals surface area contributed by atoms with Crippen molar-refractivity contribution in [3.8, 4) is 0 Å². The molecule has 1 heterocycles. The summed E-state index contributed by atoms with van der Waals surface area (Å²) in [7, 11) is 0. The molecule has 4 heteroatoms. The molecule has 0 saturated heterocycles. The zero-order valence-corrected chi connectivity index (χ0v) is 7.28. The lowest BCUT2D eigenvalue weighted by molar-refractivity contribution is 0.279. The predicted molar refractivity (Wildman–Crippen MR) is 47.4 cm³/mol. The van der Waals surface area contributed by atoms with Gasteiger partial charge in [-0.25, -0.2) is 4.98 Å². The smallest absolute Gasteiger partial charge is 0.217 e. The van der Waals surface area contributed by atoms with Gasteiger partial charge < -0.3 is 10.8 Å². The van der Waals surface area contributed by atoms with Crippen molar-refractivity contribution in [3.05, 3.63) is 29.8 Å². The molecule has 0 spiro atoms. The average molecular weight is 184 g/mol. The molecular weight excluding hydrogens is 171 g/mol. The highest BCUT2D eigenvalue weighted by Crippen LogP contribution is 2.16. The Balaban J connectivity index is 2.65. The Bertz CT molecular complexity index is 268. The molecule has 1 aromatic heterocycles. The van der Waals surface area contributed by atoms with Crippen LogP contribution in [-0.2, 0) is 0 Å². The van der Waals surface area contributed by atoms with Gasteiger partial charge in [-0.1, -0.05) is 6.07 Å². The molecule has 0 fully saturated rings. The van der Waals surface area contributed by atoms with Crippen molar-refractivity contribution >= 4 is 0 Å². The molecule has 13 heavy (non-hydrogen) atoms. The summed E-state index contributed by atoms with van der Waals surface area (Å²) in [6.07, 6.45) is 2.53. The van der Waals surface area contributed by atoms with Crippen molar-refractivity contribution in [2.75, 3.05) is 6.61 Å². The van der Waals surface area contributed by atoms with E-state index < -0.39 is 5.95 Å². The van der Waals surface area contributed by atoms with E-state index in [0.717, 1.165) is 0 Å². The van der Waals surface area contributed by atoms with Gasteiger partial charge in [-0.15, -0.1) is 0 Å². The first-order chi connectivity index (χ1) is 6.25. The second kappa shape index (κ2) is 4.89.